The Morgan fingerprint density at radius 1 is 1.41 bits per heavy atom. The minimum Gasteiger partial charge on any atom is -0.506 e. The van der Waals surface area contributed by atoms with Crippen molar-refractivity contribution in [2.24, 2.45) is 11.8 Å². The van der Waals surface area contributed by atoms with Crippen molar-refractivity contribution in [3.05, 3.63) is 28.8 Å². The average Bonchev–Trinajstić information content (AvgIpc) is 2.70. The van der Waals surface area contributed by atoms with E-state index in [0.717, 1.165) is 23.9 Å². The van der Waals surface area contributed by atoms with Crippen LogP contribution in [0.4, 0.5) is 0 Å². The van der Waals surface area contributed by atoms with Crippen molar-refractivity contribution in [3.8, 4) is 5.75 Å². The number of benzene rings is 1. The summed E-state index contributed by atoms with van der Waals surface area (Å²) in [5, 5.41) is 13.6. The van der Waals surface area contributed by atoms with Crippen LogP contribution in [-0.2, 0) is 6.54 Å². The summed E-state index contributed by atoms with van der Waals surface area (Å²) in [4.78, 5) is 0. The Morgan fingerprint density at radius 2 is 2.24 bits per heavy atom. The van der Waals surface area contributed by atoms with E-state index in [1.165, 1.54) is 19.3 Å². The van der Waals surface area contributed by atoms with Crippen LogP contribution in [0, 0.1) is 11.8 Å². The standard InChI is InChI=1S/C14H20ClNO/c1-10-5-6-11(7-10)8-16-9-12-3-2-4-13(15)14(12)17/h2-4,10-11,16-17H,5-9H2,1H3. The molecule has 2 rings (SSSR count). The van der Waals surface area contributed by atoms with Gasteiger partial charge < -0.3 is 10.4 Å². The quantitative estimate of drug-likeness (QED) is 0.860. The molecule has 0 saturated heterocycles. The maximum atomic E-state index is 9.76. The van der Waals surface area contributed by atoms with E-state index in [1.54, 1.807) is 6.07 Å². The number of nitrogens with one attached hydrogen (secondary N) is 1. The molecule has 1 aliphatic rings. The number of phenols is 1. The van der Waals surface area contributed by atoms with Crippen molar-refractivity contribution in [2.75, 3.05) is 6.54 Å². The van der Waals surface area contributed by atoms with Gasteiger partial charge in [0.1, 0.15) is 5.75 Å². The van der Waals surface area contributed by atoms with E-state index in [2.05, 4.69) is 12.2 Å². The summed E-state index contributed by atoms with van der Waals surface area (Å²) < 4.78 is 0. The van der Waals surface area contributed by atoms with E-state index >= 15 is 0 Å². The van der Waals surface area contributed by atoms with Crippen molar-refractivity contribution < 1.29 is 5.11 Å². The van der Waals surface area contributed by atoms with Gasteiger partial charge in [0, 0.05) is 12.1 Å². The normalized spacial score (nSPS) is 24.1. The third-order valence-corrected chi connectivity index (χ3v) is 3.93. The van der Waals surface area contributed by atoms with Crippen LogP contribution in [0.3, 0.4) is 0 Å². The minimum atomic E-state index is 0.210. The molecule has 0 radical (unpaired) electrons. The van der Waals surface area contributed by atoms with Crippen molar-refractivity contribution in [3.63, 3.8) is 0 Å². The van der Waals surface area contributed by atoms with Crippen molar-refractivity contribution in [2.45, 2.75) is 32.7 Å². The maximum absolute atomic E-state index is 9.76. The zero-order chi connectivity index (χ0) is 12.3. The van der Waals surface area contributed by atoms with Gasteiger partial charge in [-0.05, 0) is 37.3 Å². The first-order chi connectivity index (χ1) is 8.16. The molecule has 94 valence electrons. The highest BCUT2D eigenvalue weighted by atomic mass is 35.5. The lowest BCUT2D eigenvalue weighted by atomic mass is 10.1. The molecule has 2 N–H and O–H groups in total. The fourth-order valence-corrected chi connectivity index (χ4v) is 2.82. The highest BCUT2D eigenvalue weighted by molar-refractivity contribution is 6.32. The van der Waals surface area contributed by atoms with E-state index in [-0.39, 0.29) is 5.75 Å². The number of para-hydroxylation sites is 1. The van der Waals surface area contributed by atoms with Crippen LogP contribution in [-0.4, -0.2) is 11.7 Å². The molecule has 1 aromatic rings. The average molecular weight is 254 g/mol. The van der Waals surface area contributed by atoms with Gasteiger partial charge in [-0.25, -0.2) is 0 Å². The SMILES string of the molecule is CC1CCC(CNCc2cccc(Cl)c2O)C1. The zero-order valence-corrected chi connectivity index (χ0v) is 11.0. The third-order valence-electron chi connectivity index (χ3n) is 3.62. The summed E-state index contributed by atoms with van der Waals surface area (Å²) in [6.45, 7) is 4.05. The number of hydrogen-bond acceptors (Lipinski definition) is 2. The van der Waals surface area contributed by atoms with Gasteiger partial charge in [-0.1, -0.05) is 37.1 Å². The first kappa shape index (κ1) is 12.7. The van der Waals surface area contributed by atoms with E-state index in [1.807, 2.05) is 12.1 Å². The Balaban J connectivity index is 1.80. The molecule has 2 unspecified atom stereocenters. The Bertz CT molecular complexity index is 380. The molecule has 1 aliphatic carbocycles. The number of rotatable bonds is 4. The predicted octanol–water partition coefficient (Wildman–Crippen LogP) is 3.57. The molecule has 17 heavy (non-hydrogen) atoms. The van der Waals surface area contributed by atoms with Crippen LogP contribution in [0.15, 0.2) is 18.2 Å². The predicted molar refractivity (Wildman–Crippen MR) is 71.3 cm³/mol. The third kappa shape index (κ3) is 3.36. The molecule has 0 amide bonds. The summed E-state index contributed by atoms with van der Waals surface area (Å²) in [6.07, 6.45) is 4.01. The fourth-order valence-electron chi connectivity index (χ4n) is 2.62. The van der Waals surface area contributed by atoms with Crippen LogP contribution in [0.1, 0.15) is 31.7 Å². The first-order valence-corrected chi connectivity index (χ1v) is 6.71. The smallest absolute Gasteiger partial charge is 0.138 e. The highest BCUT2D eigenvalue weighted by Crippen LogP contribution is 2.30. The summed E-state index contributed by atoms with van der Waals surface area (Å²) in [5.74, 6) is 1.88. The zero-order valence-electron chi connectivity index (χ0n) is 10.2. The Morgan fingerprint density at radius 3 is 2.94 bits per heavy atom. The van der Waals surface area contributed by atoms with Gasteiger partial charge >= 0.3 is 0 Å². The monoisotopic (exact) mass is 253 g/mol. The molecule has 1 aromatic carbocycles. The van der Waals surface area contributed by atoms with Gasteiger partial charge in [-0.15, -0.1) is 0 Å². The molecule has 0 aromatic heterocycles. The molecule has 2 atom stereocenters. The van der Waals surface area contributed by atoms with Crippen molar-refractivity contribution in [1.29, 1.82) is 0 Å². The van der Waals surface area contributed by atoms with Crippen LogP contribution < -0.4 is 5.32 Å². The van der Waals surface area contributed by atoms with E-state index in [9.17, 15) is 5.11 Å². The molecule has 1 saturated carbocycles. The number of hydrogen-bond donors (Lipinski definition) is 2. The van der Waals surface area contributed by atoms with Crippen molar-refractivity contribution in [1.82, 2.24) is 5.32 Å². The molecule has 1 fully saturated rings. The molecule has 0 heterocycles. The summed E-state index contributed by atoms with van der Waals surface area (Å²) >= 11 is 5.86. The van der Waals surface area contributed by atoms with Gasteiger partial charge in [0.2, 0.25) is 0 Å². The van der Waals surface area contributed by atoms with Gasteiger partial charge in [-0.3, -0.25) is 0 Å². The van der Waals surface area contributed by atoms with Crippen LogP contribution in [0.2, 0.25) is 5.02 Å². The number of halogens is 1. The van der Waals surface area contributed by atoms with E-state index in [4.69, 9.17) is 11.6 Å². The molecule has 0 spiro atoms. The van der Waals surface area contributed by atoms with Gasteiger partial charge in [0.05, 0.1) is 5.02 Å². The van der Waals surface area contributed by atoms with Gasteiger partial charge in [0.25, 0.3) is 0 Å². The summed E-state index contributed by atoms with van der Waals surface area (Å²) in [5.41, 5.74) is 0.878. The Hall–Kier alpha value is -0.730. The molecule has 3 heteroatoms. The second-order valence-electron chi connectivity index (χ2n) is 5.16. The first-order valence-electron chi connectivity index (χ1n) is 6.34. The highest BCUT2D eigenvalue weighted by Gasteiger charge is 2.20. The Labute approximate surface area is 108 Å². The lowest BCUT2D eigenvalue weighted by molar-refractivity contribution is 0.449. The molecule has 0 aliphatic heterocycles. The van der Waals surface area contributed by atoms with Crippen molar-refractivity contribution >= 4 is 11.6 Å². The summed E-state index contributed by atoms with van der Waals surface area (Å²) in [6, 6.07) is 5.49. The maximum Gasteiger partial charge on any atom is 0.138 e. The second-order valence-corrected chi connectivity index (χ2v) is 5.57. The fraction of sp³-hybridized carbons (Fsp3) is 0.571. The summed E-state index contributed by atoms with van der Waals surface area (Å²) in [7, 11) is 0. The molecule has 0 bridgehead atoms. The van der Waals surface area contributed by atoms with Crippen LogP contribution in [0.5, 0.6) is 5.75 Å². The lowest BCUT2D eigenvalue weighted by Crippen LogP contribution is -2.21. The minimum absolute atomic E-state index is 0.210. The largest absolute Gasteiger partial charge is 0.506 e. The number of phenolic OH excluding ortho intramolecular Hbond substituents is 1. The second kappa shape index (κ2) is 5.74. The van der Waals surface area contributed by atoms with Crippen LogP contribution >= 0.6 is 11.6 Å². The topological polar surface area (TPSA) is 32.3 Å². The Kier molecular flexibility index (Phi) is 4.30. The van der Waals surface area contributed by atoms with Gasteiger partial charge in [-0.2, -0.15) is 0 Å². The molecular weight excluding hydrogens is 234 g/mol. The van der Waals surface area contributed by atoms with Crippen LogP contribution in [0.25, 0.3) is 0 Å². The molecule has 2 nitrogen and oxygen atoms in total. The van der Waals surface area contributed by atoms with E-state index < -0.39 is 0 Å². The van der Waals surface area contributed by atoms with E-state index in [0.29, 0.717) is 11.6 Å². The lowest BCUT2D eigenvalue weighted by Gasteiger charge is -2.12. The van der Waals surface area contributed by atoms with Gasteiger partial charge in [0.15, 0.2) is 0 Å². The molecular formula is C14H20ClNO. The number of aromatic hydroxyl groups is 1.